The maximum absolute atomic E-state index is 14.0. The van der Waals surface area contributed by atoms with Crippen molar-refractivity contribution >= 4 is 15.9 Å². The second kappa shape index (κ2) is 6.53. The Bertz CT molecular complexity index is 618. The first-order chi connectivity index (χ1) is 9.97. The summed E-state index contributed by atoms with van der Waals surface area (Å²) in [6.45, 7) is 2.30. The first-order valence-corrected chi connectivity index (χ1v) is 8.60. The average molecular weight is 314 g/mol. The smallest absolute Gasteiger partial charge is 0.243 e. The number of amides is 1. The van der Waals surface area contributed by atoms with Gasteiger partial charge in [0.1, 0.15) is 11.9 Å². The zero-order valence-corrected chi connectivity index (χ0v) is 12.7. The number of nitrogens with zero attached hydrogens (tertiary/aromatic N) is 1. The molecule has 5 nitrogen and oxygen atoms in total. The van der Waals surface area contributed by atoms with Crippen molar-refractivity contribution < 1.29 is 17.6 Å². The molecule has 0 aliphatic carbocycles. The molecule has 21 heavy (non-hydrogen) atoms. The summed E-state index contributed by atoms with van der Waals surface area (Å²) in [7, 11) is -3.59. The summed E-state index contributed by atoms with van der Waals surface area (Å²) >= 11 is 0. The van der Waals surface area contributed by atoms with Gasteiger partial charge in [-0.05, 0) is 12.5 Å². The molecule has 0 radical (unpaired) electrons. The predicted molar refractivity (Wildman–Crippen MR) is 77.6 cm³/mol. The van der Waals surface area contributed by atoms with Crippen LogP contribution in [-0.2, 0) is 14.8 Å². The molecule has 7 heteroatoms. The van der Waals surface area contributed by atoms with Gasteiger partial charge in [0.2, 0.25) is 15.9 Å². The molecular formula is C14H19FN2O3S. The maximum atomic E-state index is 14.0. The van der Waals surface area contributed by atoms with Crippen molar-refractivity contribution in [3.63, 3.8) is 0 Å². The third-order valence-electron chi connectivity index (χ3n) is 3.48. The molecule has 1 heterocycles. The van der Waals surface area contributed by atoms with Crippen LogP contribution < -0.4 is 5.32 Å². The number of sulfonamides is 1. The molecule has 0 bridgehead atoms. The van der Waals surface area contributed by atoms with Gasteiger partial charge in [-0.2, -0.15) is 4.31 Å². The summed E-state index contributed by atoms with van der Waals surface area (Å²) in [5.41, 5.74) is 0.0924. The quantitative estimate of drug-likeness (QED) is 0.894. The van der Waals surface area contributed by atoms with E-state index in [0.29, 0.717) is 6.42 Å². The van der Waals surface area contributed by atoms with Crippen LogP contribution in [0.3, 0.4) is 0 Å². The predicted octanol–water partition coefficient (Wildman–Crippen LogP) is 1.43. The maximum Gasteiger partial charge on any atom is 0.243 e. The van der Waals surface area contributed by atoms with E-state index in [1.54, 1.807) is 6.07 Å². The molecule has 1 atom stereocenters. The molecule has 0 spiro atoms. The minimum absolute atomic E-state index is 0.0261. The highest BCUT2D eigenvalue weighted by Crippen LogP contribution is 2.28. The third-order valence-corrected chi connectivity index (χ3v) is 5.39. The summed E-state index contributed by atoms with van der Waals surface area (Å²) in [5.74, 6) is -1.08. The van der Waals surface area contributed by atoms with Crippen LogP contribution in [0.4, 0.5) is 4.39 Å². The van der Waals surface area contributed by atoms with Gasteiger partial charge in [0.05, 0.1) is 5.75 Å². The van der Waals surface area contributed by atoms with E-state index in [9.17, 15) is 17.6 Å². The van der Waals surface area contributed by atoms with E-state index in [2.05, 4.69) is 5.32 Å². The Balaban J connectivity index is 2.39. The molecule has 1 aliphatic heterocycles. The van der Waals surface area contributed by atoms with E-state index in [4.69, 9.17) is 0 Å². The normalized spacial score (nSPS) is 20.3. The average Bonchev–Trinajstić information content (AvgIpc) is 2.46. The van der Waals surface area contributed by atoms with E-state index in [1.165, 1.54) is 18.2 Å². The van der Waals surface area contributed by atoms with Gasteiger partial charge in [0, 0.05) is 18.7 Å². The number of halogens is 1. The highest BCUT2D eigenvalue weighted by atomic mass is 32.2. The zero-order valence-electron chi connectivity index (χ0n) is 11.9. The van der Waals surface area contributed by atoms with Gasteiger partial charge in [0.25, 0.3) is 0 Å². The van der Waals surface area contributed by atoms with E-state index in [1.807, 2.05) is 6.92 Å². The summed E-state index contributed by atoms with van der Waals surface area (Å²) in [6.07, 6.45) is 1.26. The highest BCUT2D eigenvalue weighted by molar-refractivity contribution is 7.89. The van der Waals surface area contributed by atoms with Crippen LogP contribution in [0, 0.1) is 5.82 Å². The molecule has 1 saturated heterocycles. The Morgan fingerprint density at radius 1 is 1.38 bits per heavy atom. The molecule has 1 aliphatic rings. The van der Waals surface area contributed by atoms with Crippen LogP contribution in [0.25, 0.3) is 0 Å². The summed E-state index contributed by atoms with van der Waals surface area (Å²) < 4.78 is 39.9. The molecule has 0 aromatic heterocycles. The van der Waals surface area contributed by atoms with Gasteiger partial charge in [-0.3, -0.25) is 4.79 Å². The fourth-order valence-electron chi connectivity index (χ4n) is 2.38. The minimum atomic E-state index is -3.59. The number of hydrogen-bond donors (Lipinski definition) is 1. The second-order valence-corrected chi connectivity index (χ2v) is 7.04. The second-order valence-electron chi connectivity index (χ2n) is 5.00. The van der Waals surface area contributed by atoms with Crippen LogP contribution in [0.15, 0.2) is 24.3 Å². The molecule has 0 saturated carbocycles. The largest absolute Gasteiger partial charge is 0.353 e. The van der Waals surface area contributed by atoms with Crippen molar-refractivity contribution in [3.8, 4) is 0 Å². The molecule has 2 rings (SSSR count). The molecule has 116 valence electrons. The molecule has 1 amide bonds. The van der Waals surface area contributed by atoms with Crippen LogP contribution >= 0.6 is 0 Å². The fourth-order valence-corrected chi connectivity index (χ4v) is 4.17. The van der Waals surface area contributed by atoms with Crippen LogP contribution in [0.5, 0.6) is 0 Å². The molecule has 1 aromatic carbocycles. The van der Waals surface area contributed by atoms with Gasteiger partial charge in [-0.15, -0.1) is 0 Å². The van der Waals surface area contributed by atoms with Gasteiger partial charge in [0.15, 0.2) is 0 Å². The minimum Gasteiger partial charge on any atom is -0.353 e. The topological polar surface area (TPSA) is 66.5 Å². The number of rotatable bonds is 5. The number of carbonyl (C=O) groups is 1. The Morgan fingerprint density at radius 2 is 2.10 bits per heavy atom. The lowest BCUT2D eigenvalue weighted by Gasteiger charge is -2.34. The molecule has 1 fully saturated rings. The monoisotopic (exact) mass is 314 g/mol. The summed E-state index contributed by atoms with van der Waals surface area (Å²) in [4.78, 5) is 12.1. The van der Waals surface area contributed by atoms with Crippen LogP contribution in [0.1, 0.15) is 31.4 Å². The summed E-state index contributed by atoms with van der Waals surface area (Å²) in [5, 5.41) is 2.60. The SMILES string of the molecule is CCCCS(=O)(=O)N1CCNC(=O)C1c1ccccc1F. The molecule has 1 aromatic rings. The third kappa shape index (κ3) is 3.41. The number of unbranched alkanes of at least 4 members (excludes halogenated alkanes) is 1. The van der Waals surface area contributed by atoms with Gasteiger partial charge in [-0.25, -0.2) is 12.8 Å². The summed E-state index contributed by atoms with van der Waals surface area (Å²) in [6, 6.07) is 4.66. The number of benzene rings is 1. The van der Waals surface area contributed by atoms with Crippen LogP contribution in [-0.4, -0.2) is 37.5 Å². The zero-order chi connectivity index (χ0) is 15.5. The van der Waals surface area contributed by atoms with Gasteiger partial charge >= 0.3 is 0 Å². The van der Waals surface area contributed by atoms with E-state index in [0.717, 1.165) is 10.7 Å². The van der Waals surface area contributed by atoms with E-state index >= 15 is 0 Å². The Kier molecular flexibility index (Phi) is 4.95. The lowest BCUT2D eigenvalue weighted by molar-refractivity contribution is -0.127. The Labute approximate surface area is 124 Å². The number of carbonyl (C=O) groups excluding carboxylic acids is 1. The Morgan fingerprint density at radius 3 is 2.76 bits per heavy atom. The highest BCUT2D eigenvalue weighted by Gasteiger charge is 2.39. The standard InChI is InChI=1S/C14H19FN2O3S/c1-2-3-10-21(19,20)17-9-8-16-14(18)13(17)11-6-4-5-7-12(11)15/h4-7,13H,2-3,8-10H2,1H3,(H,16,18). The number of nitrogens with one attached hydrogen (secondary N) is 1. The van der Waals surface area contributed by atoms with Crippen molar-refractivity contribution in [2.75, 3.05) is 18.8 Å². The van der Waals surface area contributed by atoms with E-state index < -0.39 is 27.8 Å². The lowest BCUT2D eigenvalue weighted by atomic mass is 10.0. The molecule has 1 unspecified atom stereocenters. The van der Waals surface area contributed by atoms with Crippen molar-refractivity contribution in [1.29, 1.82) is 0 Å². The fraction of sp³-hybridized carbons (Fsp3) is 0.500. The lowest BCUT2D eigenvalue weighted by Crippen LogP contribution is -2.52. The van der Waals surface area contributed by atoms with Gasteiger partial charge < -0.3 is 5.32 Å². The number of piperazine rings is 1. The first kappa shape index (κ1) is 15.9. The molecular weight excluding hydrogens is 295 g/mol. The van der Waals surface area contributed by atoms with Gasteiger partial charge in [-0.1, -0.05) is 31.5 Å². The first-order valence-electron chi connectivity index (χ1n) is 6.99. The van der Waals surface area contributed by atoms with Crippen LogP contribution in [0.2, 0.25) is 0 Å². The Hall–Kier alpha value is -1.47. The van der Waals surface area contributed by atoms with Crippen molar-refractivity contribution in [2.24, 2.45) is 0 Å². The van der Waals surface area contributed by atoms with E-state index in [-0.39, 0.29) is 24.4 Å². The van der Waals surface area contributed by atoms with Crippen molar-refractivity contribution in [3.05, 3.63) is 35.6 Å². The molecule has 1 N–H and O–H groups in total. The van der Waals surface area contributed by atoms with Crippen molar-refractivity contribution in [2.45, 2.75) is 25.8 Å². The van der Waals surface area contributed by atoms with Crippen molar-refractivity contribution in [1.82, 2.24) is 9.62 Å². The number of hydrogen-bond acceptors (Lipinski definition) is 3.